The molecule has 2 amide bonds. The van der Waals surface area contributed by atoms with Gasteiger partial charge in [-0.15, -0.1) is 0 Å². The molecule has 0 atom stereocenters. The van der Waals surface area contributed by atoms with E-state index in [1.165, 1.54) is 14.6 Å². The highest BCUT2D eigenvalue weighted by Crippen LogP contribution is 2.31. The number of amides is 2. The lowest BCUT2D eigenvalue weighted by atomic mass is 9.92. The van der Waals surface area contributed by atoms with Crippen LogP contribution in [-0.4, -0.2) is 49.1 Å². The Morgan fingerprint density at radius 2 is 1.42 bits per heavy atom. The van der Waals surface area contributed by atoms with Crippen LogP contribution < -0.4 is 0 Å². The number of rotatable bonds is 5. The number of sulfonamides is 1. The van der Waals surface area contributed by atoms with Crippen molar-refractivity contribution in [2.24, 2.45) is 5.92 Å². The first-order chi connectivity index (χ1) is 15.9. The summed E-state index contributed by atoms with van der Waals surface area (Å²) in [6.45, 7) is 1.04. The number of imide groups is 1. The average Bonchev–Trinajstić information content (AvgIpc) is 2.85. The van der Waals surface area contributed by atoms with Gasteiger partial charge in [-0.25, -0.2) is 8.42 Å². The second-order valence-corrected chi connectivity index (χ2v) is 10.3. The SMILES string of the molecule is O=C1c2cccc3cccc(c23)C(=O)N1CC1CCN(S(=O)(=O)/C=C\c2ccccc2)CC1. The van der Waals surface area contributed by atoms with Crippen molar-refractivity contribution in [2.75, 3.05) is 19.6 Å². The highest BCUT2D eigenvalue weighted by Gasteiger charge is 2.35. The minimum absolute atomic E-state index is 0.0620. The third-order valence-corrected chi connectivity index (χ3v) is 8.03. The van der Waals surface area contributed by atoms with Crippen molar-refractivity contribution in [3.63, 3.8) is 0 Å². The van der Waals surface area contributed by atoms with E-state index in [0.717, 1.165) is 16.3 Å². The number of hydrogen-bond acceptors (Lipinski definition) is 4. The first-order valence-electron chi connectivity index (χ1n) is 11.1. The number of piperidine rings is 1. The molecule has 0 spiro atoms. The van der Waals surface area contributed by atoms with E-state index in [-0.39, 0.29) is 17.7 Å². The van der Waals surface area contributed by atoms with Crippen molar-refractivity contribution in [1.82, 2.24) is 9.21 Å². The van der Waals surface area contributed by atoms with E-state index >= 15 is 0 Å². The second kappa shape index (κ2) is 8.57. The molecule has 2 heterocycles. The molecule has 0 N–H and O–H groups in total. The van der Waals surface area contributed by atoms with Gasteiger partial charge in [-0.2, -0.15) is 4.31 Å². The van der Waals surface area contributed by atoms with E-state index in [4.69, 9.17) is 0 Å². The molecule has 2 aliphatic heterocycles. The highest BCUT2D eigenvalue weighted by atomic mass is 32.2. The first-order valence-corrected chi connectivity index (χ1v) is 12.6. The summed E-state index contributed by atoms with van der Waals surface area (Å²) in [6.07, 6.45) is 2.80. The maximum atomic E-state index is 13.1. The van der Waals surface area contributed by atoms with Gasteiger partial charge in [0.1, 0.15) is 0 Å². The van der Waals surface area contributed by atoms with Crippen LogP contribution in [0.25, 0.3) is 16.8 Å². The van der Waals surface area contributed by atoms with Crippen molar-refractivity contribution in [3.8, 4) is 0 Å². The van der Waals surface area contributed by atoms with Gasteiger partial charge in [0.25, 0.3) is 11.8 Å². The fourth-order valence-electron chi connectivity index (χ4n) is 4.67. The van der Waals surface area contributed by atoms with Crippen LogP contribution in [-0.2, 0) is 10.0 Å². The van der Waals surface area contributed by atoms with Crippen molar-refractivity contribution in [2.45, 2.75) is 12.8 Å². The quantitative estimate of drug-likeness (QED) is 0.536. The van der Waals surface area contributed by atoms with Crippen LogP contribution in [0.2, 0.25) is 0 Å². The molecule has 3 aromatic rings. The topological polar surface area (TPSA) is 74.8 Å². The molecule has 0 aromatic heterocycles. The Morgan fingerprint density at radius 1 is 0.818 bits per heavy atom. The molecule has 0 saturated carbocycles. The lowest BCUT2D eigenvalue weighted by molar-refractivity contribution is 0.0567. The number of hydrogen-bond donors (Lipinski definition) is 0. The summed E-state index contributed by atoms with van der Waals surface area (Å²) in [5, 5.41) is 2.85. The number of nitrogens with zero attached hydrogens (tertiary/aromatic N) is 2. The van der Waals surface area contributed by atoms with Crippen LogP contribution in [0, 0.1) is 5.92 Å². The normalized spacial score (nSPS) is 17.9. The van der Waals surface area contributed by atoms with Crippen LogP contribution in [0.15, 0.2) is 72.1 Å². The summed E-state index contributed by atoms with van der Waals surface area (Å²) in [4.78, 5) is 27.6. The average molecular weight is 461 g/mol. The van der Waals surface area contributed by atoms with Crippen LogP contribution in [0.4, 0.5) is 0 Å². The smallest absolute Gasteiger partial charge is 0.261 e. The Labute approximate surface area is 193 Å². The van der Waals surface area contributed by atoms with Crippen LogP contribution >= 0.6 is 0 Å². The Hall–Kier alpha value is -3.29. The van der Waals surface area contributed by atoms with Gasteiger partial charge in [0.2, 0.25) is 10.0 Å². The van der Waals surface area contributed by atoms with E-state index in [1.807, 2.05) is 54.6 Å². The standard InChI is InChI=1S/C26H24N2O4S/c29-25-22-10-4-8-21-9-5-11-23(24(21)22)26(30)28(25)18-20-12-15-27(16-13-20)33(31,32)17-14-19-6-2-1-3-7-19/h1-11,14,17,20H,12-13,15-16,18H2/b17-14-. The number of benzene rings is 3. The van der Waals surface area contributed by atoms with E-state index in [9.17, 15) is 18.0 Å². The van der Waals surface area contributed by atoms with Crippen LogP contribution in [0.3, 0.4) is 0 Å². The molecule has 5 rings (SSSR count). The van der Waals surface area contributed by atoms with Crippen molar-refractivity contribution >= 4 is 38.7 Å². The summed E-state index contributed by atoms with van der Waals surface area (Å²) in [5.41, 5.74) is 1.93. The zero-order valence-electron chi connectivity index (χ0n) is 18.1. The van der Waals surface area contributed by atoms with Crippen LogP contribution in [0.5, 0.6) is 0 Å². The molecule has 0 radical (unpaired) electrons. The molecular weight excluding hydrogens is 436 g/mol. The fraction of sp³-hybridized carbons (Fsp3) is 0.231. The summed E-state index contributed by atoms with van der Waals surface area (Å²) in [5.74, 6) is -0.484. The van der Waals surface area contributed by atoms with Gasteiger partial charge in [0, 0.05) is 41.6 Å². The minimum Gasteiger partial charge on any atom is -0.274 e. The van der Waals surface area contributed by atoms with E-state index in [1.54, 1.807) is 18.2 Å². The monoisotopic (exact) mass is 460 g/mol. The molecule has 3 aromatic carbocycles. The molecular formula is C26H24N2O4S. The van der Waals surface area contributed by atoms with E-state index in [2.05, 4.69) is 0 Å². The first kappa shape index (κ1) is 21.6. The van der Waals surface area contributed by atoms with Gasteiger partial charge in [-0.05, 0) is 47.9 Å². The van der Waals surface area contributed by atoms with Gasteiger partial charge in [-0.1, -0.05) is 54.6 Å². The highest BCUT2D eigenvalue weighted by molar-refractivity contribution is 7.92. The van der Waals surface area contributed by atoms with E-state index in [0.29, 0.717) is 43.6 Å². The fourth-order valence-corrected chi connectivity index (χ4v) is 5.89. The largest absolute Gasteiger partial charge is 0.274 e. The lowest BCUT2D eigenvalue weighted by Gasteiger charge is -2.34. The third kappa shape index (κ3) is 4.10. The van der Waals surface area contributed by atoms with Gasteiger partial charge >= 0.3 is 0 Å². The predicted octanol–water partition coefficient (Wildman–Crippen LogP) is 4.15. The Kier molecular flexibility index (Phi) is 5.60. The van der Waals surface area contributed by atoms with Crippen molar-refractivity contribution in [1.29, 1.82) is 0 Å². The number of carbonyl (C=O) groups is 2. The third-order valence-electron chi connectivity index (χ3n) is 6.46. The maximum absolute atomic E-state index is 13.1. The molecule has 0 bridgehead atoms. The van der Waals surface area contributed by atoms with Crippen molar-refractivity contribution < 1.29 is 18.0 Å². The summed E-state index contributed by atoms with van der Waals surface area (Å²) < 4.78 is 26.9. The lowest BCUT2D eigenvalue weighted by Crippen LogP contribution is -2.46. The zero-order valence-corrected chi connectivity index (χ0v) is 18.9. The van der Waals surface area contributed by atoms with Gasteiger partial charge < -0.3 is 0 Å². The predicted molar refractivity (Wildman–Crippen MR) is 128 cm³/mol. The molecule has 1 saturated heterocycles. The maximum Gasteiger partial charge on any atom is 0.261 e. The Morgan fingerprint density at radius 3 is 2.03 bits per heavy atom. The second-order valence-electron chi connectivity index (χ2n) is 8.53. The molecule has 2 aliphatic rings. The molecule has 0 aliphatic carbocycles. The molecule has 1 fully saturated rings. The molecule has 0 unspecified atom stereocenters. The molecule has 33 heavy (non-hydrogen) atoms. The Balaban J connectivity index is 1.27. The molecule has 6 nitrogen and oxygen atoms in total. The minimum atomic E-state index is -3.52. The van der Waals surface area contributed by atoms with Gasteiger partial charge in [0.15, 0.2) is 0 Å². The van der Waals surface area contributed by atoms with Crippen molar-refractivity contribution in [3.05, 3.63) is 88.8 Å². The summed E-state index contributed by atoms with van der Waals surface area (Å²) in [6, 6.07) is 20.3. The van der Waals surface area contributed by atoms with Gasteiger partial charge in [-0.3, -0.25) is 14.5 Å². The van der Waals surface area contributed by atoms with Gasteiger partial charge in [0.05, 0.1) is 0 Å². The summed E-state index contributed by atoms with van der Waals surface area (Å²) >= 11 is 0. The Bertz CT molecular complexity index is 1310. The van der Waals surface area contributed by atoms with E-state index < -0.39 is 10.0 Å². The summed E-state index contributed by atoms with van der Waals surface area (Å²) in [7, 11) is -3.52. The molecule has 168 valence electrons. The zero-order chi connectivity index (χ0) is 23.0. The molecule has 7 heteroatoms. The number of carbonyl (C=O) groups excluding carboxylic acids is 2. The van der Waals surface area contributed by atoms with Crippen LogP contribution in [0.1, 0.15) is 39.1 Å².